The molecule has 8 heteroatoms. The van der Waals surface area contributed by atoms with Gasteiger partial charge in [-0.05, 0) is 26.0 Å². The molecule has 2 heterocycles. The molecule has 146 valence electrons. The largest absolute Gasteiger partial charge is 0.441 e. The van der Waals surface area contributed by atoms with Gasteiger partial charge >= 0.3 is 5.76 Å². The molecule has 0 fully saturated rings. The van der Waals surface area contributed by atoms with Crippen LogP contribution in [-0.4, -0.2) is 33.5 Å². The highest BCUT2D eigenvalue weighted by atomic mass is 16.6. The minimum Gasteiger partial charge on any atom is -0.389 e. The lowest BCUT2D eigenvalue weighted by molar-refractivity contribution is 0.128. The number of anilines is 1. The van der Waals surface area contributed by atoms with E-state index >= 15 is 0 Å². The molecule has 3 aromatic rings. The van der Waals surface area contributed by atoms with Gasteiger partial charge in [0.15, 0.2) is 12.3 Å². The predicted molar refractivity (Wildman–Crippen MR) is 106 cm³/mol. The molecule has 2 aromatic heterocycles. The van der Waals surface area contributed by atoms with Crippen LogP contribution in [0.15, 0.2) is 63.0 Å². The van der Waals surface area contributed by atoms with Crippen LogP contribution in [0.3, 0.4) is 0 Å². The molecule has 8 nitrogen and oxygen atoms in total. The van der Waals surface area contributed by atoms with E-state index in [0.717, 1.165) is 30.2 Å². The van der Waals surface area contributed by atoms with E-state index in [1.165, 1.54) is 4.57 Å². The van der Waals surface area contributed by atoms with Crippen LogP contribution in [0.4, 0.5) is 5.82 Å². The molecular formula is C20H23N5O3. The number of hydrogen-bond donors (Lipinski definition) is 0. The molecule has 0 aliphatic carbocycles. The summed E-state index contributed by atoms with van der Waals surface area (Å²) in [6.45, 7) is 6.13. The van der Waals surface area contributed by atoms with Gasteiger partial charge < -0.3 is 9.74 Å². The molecule has 1 aromatic carbocycles. The average Bonchev–Trinajstić information content (AvgIpc) is 3.06. The third-order valence-electron chi connectivity index (χ3n) is 4.31. The van der Waals surface area contributed by atoms with Crippen molar-refractivity contribution in [1.82, 2.24) is 14.7 Å². The Morgan fingerprint density at radius 1 is 1.14 bits per heavy atom. The number of benzene rings is 1. The van der Waals surface area contributed by atoms with Crippen LogP contribution in [0.5, 0.6) is 0 Å². The summed E-state index contributed by atoms with van der Waals surface area (Å²) in [4.78, 5) is 24.0. The van der Waals surface area contributed by atoms with Crippen molar-refractivity contribution in [2.24, 2.45) is 12.2 Å². The summed E-state index contributed by atoms with van der Waals surface area (Å²) in [5.74, 6) is 0.630. The Morgan fingerprint density at radius 2 is 1.89 bits per heavy atom. The molecule has 0 aliphatic heterocycles. The zero-order chi connectivity index (χ0) is 19.9. The van der Waals surface area contributed by atoms with Crippen molar-refractivity contribution < 1.29 is 9.36 Å². The van der Waals surface area contributed by atoms with Crippen molar-refractivity contribution in [3.8, 4) is 0 Å². The summed E-state index contributed by atoms with van der Waals surface area (Å²) in [6.07, 6.45) is 0. The van der Waals surface area contributed by atoms with Crippen LogP contribution in [0.25, 0.3) is 0 Å². The minimum atomic E-state index is -0.563. The van der Waals surface area contributed by atoms with Gasteiger partial charge in [0.2, 0.25) is 5.82 Å². The van der Waals surface area contributed by atoms with Crippen LogP contribution < -0.4 is 10.7 Å². The molecule has 3 rings (SSSR count). The Labute approximate surface area is 163 Å². The van der Waals surface area contributed by atoms with E-state index in [-0.39, 0.29) is 6.61 Å². The van der Waals surface area contributed by atoms with Crippen molar-refractivity contribution in [2.75, 3.05) is 18.0 Å². The first-order chi connectivity index (χ1) is 13.6. The number of aromatic nitrogens is 3. The average molecular weight is 381 g/mol. The normalized spacial score (nSPS) is 11.5. The third kappa shape index (κ3) is 4.28. The van der Waals surface area contributed by atoms with Crippen LogP contribution in [0.1, 0.15) is 30.9 Å². The Hall–Kier alpha value is -3.42. The Kier molecular flexibility index (Phi) is 6.21. The maximum atomic E-state index is 11.7. The minimum absolute atomic E-state index is 0.192. The van der Waals surface area contributed by atoms with E-state index < -0.39 is 5.76 Å². The highest BCUT2D eigenvalue weighted by molar-refractivity contribution is 6.10. The highest BCUT2D eigenvalue weighted by Crippen LogP contribution is 2.13. The second-order valence-electron chi connectivity index (χ2n) is 6.07. The van der Waals surface area contributed by atoms with E-state index in [0.29, 0.717) is 11.5 Å². The molecule has 0 aliphatic rings. The van der Waals surface area contributed by atoms with Gasteiger partial charge in [0, 0.05) is 25.7 Å². The van der Waals surface area contributed by atoms with Crippen molar-refractivity contribution in [1.29, 1.82) is 0 Å². The SMILES string of the molecule is CCN(CC)c1cccc(CON=C(c2ccccc2)c2noc(=O)n2C)n1. The van der Waals surface area contributed by atoms with Crippen LogP contribution in [-0.2, 0) is 18.5 Å². The standard InChI is InChI=1S/C20H23N5O3/c1-4-25(5-2)17-13-9-12-16(21-17)14-27-22-18(15-10-7-6-8-11-15)19-23-28-20(26)24(19)3/h6-13H,4-5,14H2,1-3H3. The first kappa shape index (κ1) is 19.3. The fourth-order valence-corrected chi connectivity index (χ4v) is 2.75. The van der Waals surface area contributed by atoms with Gasteiger partial charge in [-0.1, -0.05) is 46.7 Å². The van der Waals surface area contributed by atoms with Crippen molar-refractivity contribution in [3.05, 3.63) is 76.2 Å². The van der Waals surface area contributed by atoms with Crippen molar-refractivity contribution in [3.63, 3.8) is 0 Å². The molecule has 0 bridgehead atoms. The zero-order valence-corrected chi connectivity index (χ0v) is 16.2. The third-order valence-corrected chi connectivity index (χ3v) is 4.31. The maximum absolute atomic E-state index is 11.7. The Bertz CT molecular complexity index is 990. The summed E-state index contributed by atoms with van der Waals surface area (Å²) in [5, 5.41) is 8.05. The molecule has 0 unspecified atom stereocenters. The van der Waals surface area contributed by atoms with Crippen LogP contribution in [0.2, 0.25) is 0 Å². The number of hydrogen-bond acceptors (Lipinski definition) is 7. The number of rotatable bonds is 8. The number of pyridine rings is 1. The molecule has 0 atom stereocenters. The van der Waals surface area contributed by atoms with E-state index in [1.54, 1.807) is 7.05 Å². The van der Waals surface area contributed by atoms with Crippen molar-refractivity contribution >= 4 is 11.5 Å². The van der Waals surface area contributed by atoms with Crippen LogP contribution in [0, 0.1) is 0 Å². The summed E-state index contributed by atoms with van der Waals surface area (Å²) >= 11 is 0. The molecule has 0 saturated heterocycles. The van der Waals surface area contributed by atoms with E-state index in [1.807, 2.05) is 48.5 Å². The second-order valence-corrected chi connectivity index (χ2v) is 6.07. The lowest BCUT2D eigenvalue weighted by Crippen LogP contribution is -2.23. The van der Waals surface area contributed by atoms with Gasteiger partial charge in [0.1, 0.15) is 5.82 Å². The zero-order valence-electron chi connectivity index (χ0n) is 16.2. The van der Waals surface area contributed by atoms with Gasteiger partial charge in [-0.3, -0.25) is 9.09 Å². The first-order valence-electron chi connectivity index (χ1n) is 9.13. The molecule has 0 spiro atoms. The molecule has 0 radical (unpaired) electrons. The lowest BCUT2D eigenvalue weighted by Gasteiger charge is -2.20. The Morgan fingerprint density at radius 3 is 2.54 bits per heavy atom. The monoisotopic (exact) mass is 381 g/mol. The lowest BCUT2D eigenvalue weighted by atomic mass is 10.1. The highest BCUT2D eigenvalue weighted by Gasteiger charge is 2.17. The van der Waals surface area contributed by atoms with Crippen LogP contribution >= 0.6 is 0 Å². The summed E-state index contributed by atoms with van der Waals surface area (Å²) in [7, 11) is 1.57. The van der Waals surface area contributed by atoms with Gasteiger partial charge in [0.05, 0.1) is 5.69 Å². The fourth-order valence-electron chi connectivity index (χ4n) is 2.75. The van der Waals surface area contributed by atoms with Gasteiger partial charge in [-0.2, -0.15) is 0 Å². The van der Waals surface area contributed by atoms with Gasteiger partial charge in [-0.25, -0.2) is 9.78 Å². The van der Waals surface area contributed by atoms with E-state index in [9.17, 15) is 4.79 Å². The maximum Gasteiger partial charge on any atom is 0.441 e. The fraction of sp³-hybridized carbons (Fsp3) is 0.300. The molecule has 0 amide bonds. The van der Waals surface area contributed by atoms with E-state index in [2.05, 4.69) is 34.0 Å². The number of nitrogens with zero attached hydrogens (tertiary/aromatic N) is 5. The van der Waals surface area contributed by atoms with E-state index in [4.69, 9.17) is 9.36 Å². The summed E-state index contributed by atoms with van der Waals surface area (Å²) in [6, 6.07) is 15.2. The first-order valence-corrected chi connectivity index (χ1v) is 9.13. The van der Waals surface area contributed by atoms with Crippen molar-refractivity contribution in [2.45, 2.75) is 20.5 Å². The van der Waals surface area contributed by atoms with Gasteiger partial charge in [0.25, 0.3) is 0 Å². The summed E-state index contributed by atoms with van der Waals surface area (Å²) in [5.41, 5.74) is 1.93. The Balaban J connectivity index is 1.84. The molecule has 0 N–H and O–H groups in total. The topological polar surface area (TPSA) is 85.8 Å². The second kappa shape index (κ2) is 8.98. The number of oxime groups is 1. The quantitative estimate of drug-likeness (QED) is 0.440. The van der Waals surface area contributed by atoms with Gasteiger partial charge in [-0.15, -0.1) is 0 Å². The summed E-state index contributed by atoms with van der Waals surface area (Å²) < 4.78 is 6.02. The smallest absolute Gasteiger partial charge is 0.389 e. The predicted octanol–water partition coefficient (Wildman–Crippen LogP) is 2.58. The molecule has 0 saturated carbocycles. The molecular weight excluding hydrogens is 358 g/mol. The molecule has 28 heavy (non-hydrogen) atoms.